The predicted molar refractivity (Wildman–Crippen MR) is 125 cm³/mol. The van der Waals surface area contributed by atoms with Gasteiger partial charge in [-0.15, -0.1) is 0 Å². The molecule has 1 saturated heterocycles. The molecule has 1 aliphatic rings. The van der Waals surface area contributed by atoms with Crippen LogP contribution in [-0.2, 0) is 13.1 Å². The number of nitrogens with zero attached hydrogens (tertiary/aromatic N) is 2. The molecule has 0 aliphatic carbocycles. The molecule has 2 aromatic rings. The summed E-state index contributed by atoms with van der Waals surface area (Å²) in [7, 11) is 1.65. The first-order valence-corrected chi connectivity index (χ1v) is 11.3. The summed E-state index contributed by atoms with van der Waals surface area (Å²) >= 11 is 0. The zero-order valence-electron chi connectivity index (χ0n) is 19.1. The van der Waals surface area contributed by atoms with Gasteiger partial charge in [0.1, 0.15) is 12.7 Å². The summed E-state index contributed by atoms with van der Waals surface area (Å²) in [5, 5.41) is 13.9. The first-order chi connectivity index (χ1) is 15.1. The van der Waals surface area contributed by atoms with Crippen molar-refractivity contribution < 1.29 is 14.6 Å². The van der Waals surface area contributed by atoms with Crippen molar-refractivity contribution in [3.63, 3.8) is 0 Å². The average molecular weight is 428 g/mol. The maximum atomic E-state index is 10.4. The molecular formula is C25H37N3O3. The van der Waals surface area contributed by atoms with Gasteiger partial charge in [0.2, 0.25) is 0 Å². The lowest BCUT2D eigenvalue weighted by Gasteiger charge is -2.34. The highest BCUT2D eigenvalue weighted by molar-refractivity contribution is 5.43. The van der Waals surface area contributed by atoms with Crippen LogP contribution in [0.15, 0.2) is 42.5 Å². The highest BCUT2D eigenvalue weighted by atomic mass is 16.5. The second kappa shape index (κ2) is 12.1. The molecule has 1 aliphatic heterocycles. The van der Waals surface area contributed by atoms with Gasteiger partial charge < -0.3 is 24.8 Å². The number of nitrogens with one attached hydrogen (secondary N) is 1. The number of methoxy groups -OCH3 is 1. The second-order valence-corrected chi connectivity index (χ2v) is 8.27. The van der Waals surface area contributed by atoms with Crippen LogP contribution in [0.1, 0.15) is 23.6 Å². The van der Waals surface area contributed by atoms with Crippen LogP contribution >= 0.6 is 0 Å². The Kier molecular flexibility index (Phi) is 9.15. The van der Waals surface area contributed by atoms with Crippen LogP contribution in [0, 0.1) is 6.92 Å². The maximum Gasteiger partial charge on any atom is 0.161 e. The third-order valence-corrected chi connectivity index (χ3v) is 5.82. The molecule has 2 aromatic carbocycles. The van der Waals surface area contributed by atoms with Gasteiger partial charge in [-0.1, -0.05) is 42.8 Å². The van der Waals surface area contributed by atoms with Crippen molar-refractivity contribution in [1.29, 1.82) is 0 Å². The topological polar surface area (TPSA) is 57.2 Å². The lowest BCUT2D eigenvalue weighted by atomic mass is 10.1. The Labute approximate surface area is 186 Å². The fourth-order valence-electron chi connectivity index (χ4n) is 3.82. The summed E-state index contributed by atoms with van der Waals surface area (Å²) in [6.07, 6.45) is -0.520. The lowest BCUT2D eigenvalue weighted by molar-refractivity contribution is 0.0464. The van der Waals surface area contributed by atoms with Gasteiger partial charge in [-0.05, 0) is 36.7 Å². The Bertz CT molecular complexity index is 789. The third kappa shape index (κ3) is 7.51. The molecule has 0 amide bonds. The van der Waals surface area contributed by atoms with Gasteiger partial charge in [-0.25, -0.2) is 0 Å². The highest BCUT2D eigenvalue weighted by Crippen LogP contribution is 2.28. The Morgan fingerprint density at radius 3 is 2.26 bits per heavy atom. The average Bonchev–Trinajstić information content (AvgIpc) is 2.80. The molecule has 1 atom stereocenters. The van der Waals surface area contributed by atoms with E-state index in [1.807, 2.05) is 18.2 Å². The van der Waals surface area contributed by atoms with Crippen LogP contribution in [-0.4, -0.2) is 74.0 Å². The zero-order valence-corrected chi connectivity index (χ0v) is 19.1. The quantitative estimate of drug-likeness (QED) is 0.575. The van der Waals surface area contributed by atoms with Gasteiger partial charge in [0.15, 0.2) is 11.5 Å². The number of rotatable bonds is 11. The van der Waals surface area contributed by atoms with E-state index >= 15 is 0 Å². The Morgan fingerprint density at radius 1 is 0.935 bits per heavy atom. The van der Waals surface area contributed by atoms with Crippen LogP contribution in [0.2, 0.25) is 0 Å². The monoisotopic (exact) mass is 427 g/mol. The van der Waals surface area contributed by atoms with E-state index in [0.717, 1.165) is 51.4 Å². The molecule has 0 bridgehead atoms. The zero-order chi connectivity index (χ0) is 22.1. The predicted octanol–water partition coefficient (Wildman–Crippen LogP) is 2.67. The van der Waals surface area contributed by atoms with Crippen LogP contribution in [0.3, 0.4) is 0 Å². The minimum Gasteiger partial charge on any atom is -0.493 e. The number of hydrogen-bond donors (Lipinski definition) is 2. The molecule has 0 saturated carbocycles. The summed E-state index contributed by atoms with van der Waals surface area (Å²) in [4.78, 5) is 4.74. The van der Waals surface area contributed by atoms with E-state index in [0.29, 0.717) is 18.0 Å². The van der Waals surface area contributed by atoms with Gasteiger partial charge in [0.25, 0.3) is 0 Å². The number of benzene rings is 2. The van der Waals surface area contributed by atoms with Crippen LogP contribution in [0.5, 0.6) is 11.5 Å². The number of piperazine rings is 1. The van der Waals surface area contributed by atoms with Gasteiger partial charge in [-0.3, -0.25) is 4.90 Å². The van der Waals surface area contributed by atoms with Crippen LogP contribution < -0.4 is 14.8 Å². The number of ether oxygens (including phenoxy) is 2. The van der Waals surface area contributed by atoms with Crippen molar-refractivity contribution in [1.82, 2.24) is 15.1 Å². The van der Waals surface area contributed by atoms with E-state index in [4.69, 9.17) is 9.47 Å². The minimum absolute atomic E-state index is 0.259. The minimum atomic E-state index is -0.520. The number of hydrogen-bond acceptors (Lipinski definition) is 6. The van der Waals surface area contributed by atoms with Crippen molar-refractivity contribution in [2.75, 3.05) is 53.0 Å². The summed E-state index contributed by atoms with van der Waals surface area (Å²) in [6, 6.07) is 14.5. The van der Waals surface area contributed by atoms with Gasteiger partial charge in [0, 0.05) is 45.8 Å². The van der Waals surface area contributed by atoms with Crippen molar-refractivity contribution >= 4 is 0 Å². The van der Waals surface area contributed by atoms with Crippen molar-refractivity contribution in [2.45, 2.75) is 33.0 Å². The van der Waals surface area contributed by atoms with Crippen molar-refractivity contribution in [2.24, 2.45) is 0 Å². The van der Waals surface area contributed by atoms with Gasteiger partial charge in [0.05, 0.1) is 7.11 Å². The summed E-state index contributed by atoms with van der Waals surface area (Å²) in [5.41, 5.74) is 3.67. The molecule has 6 nitrogen and oxygen atoms in total. The second-order valence-electron chi connectivity index (χ2n) is 8.27. The first kappa shape index (κ1) is 23.5. The summed E-state index contributed by atoms with van der Waals surface area (Å²) in [6.45, 7) is 12.0. The van der Waals surface area contributed by atoms with Gasteiger partial charge in [-0.2, -0.15) is 0 Å². The van der Waals surface area contributed by atoms with Crippen molar-refractivity contribution in [3.05, 3.63) is 59.2 Å². The SMILES string of the molecule is CCN1CCN(CC(O)COc2ccc(CNCc3ccc(C)cc3)cc2OC)CC1. The molecule has 0 spiro atoms. The molecule has 170 valence electrons. The third-order valence-electron chi connectivity index (χ3n) is 5.82. The molecule has 0 aromatic heterocycles. The molecular weight excluding hydrogens is 390 g/mol. The Hall–Kier alpha value is -2.12. The van der Waals surface area contributed by atoms with E-state index in [2.05, 4.69) is 53.2 Å². The van der Waals surface area contributed by atoms with Crippen LogP contribution in [0.4, 0.5) is 0 Å². The molecule has 1 unspecified atom stereocenters. The van der Waals surface area contributed by atoms with Crippen LogP contribution in [0.25, 0.3) is 0 Å². The summed E-state index contributed by atoms with van der Waals surface area (Å²) < 4.78 is 11.4. The molecule has 2 N–H and O–H groups in total. The largest absolute Gasteiger partial charge is 0.493 e. The van der Waals surface area contributed by atoms with Gasteiger partial charge >= 0.3 is 0 Å². The Morgan fingerprint density at radius 2 is 1.58 bits per heavy atom. The van der Waals surface area contributed by atoms with E-state index in [1.165, 1.54) is 11.1 Å². The van der Waals surface area contributed by atoms with E-state index in [9.17, 15) is 5.11 Å². The molecule has 3 rings (SSSR count). The normalized spacial score (nSPS) is 16.3. The highest BCUT2D eigenvalue weighted by Gasteiger charge is 2.19. The standard InChI is InChI=1S/C25H37N3O3/c1-4-27-11-13-28(14-12-27)18-23(29)19-31-24-10-9-22(15-25(24)30-3)17-26-16-21-7-5-20(2)6-8-21/h5-10,15,23,26,29H,4,11-14,16-19H2,1-3H3. The first-order valence-electron chi connectivity index (χ1n) is 11.3. The number of β-amino-alcohol motifs (C(OH)–C–C–N with tert-alkyl or cyclic N) is 1. The Balaban J connectivity index is 1.44. The molecule has 1 fully saturated rings. The van der Waals surface area contributed by atoms with E-state index in [-0.39, 0.29) is 6.61 Å². The summed E-state index contributed by atoms with van der Waals surface area (Å²) in [5.74, 6) is 1.36. The fraction of sp³-hybridized carbons (Fsp3) is 0.520. The lowest BCUT2D eigenvalue weighted by Crippen LogP contribution is -2.49. The molecule has 31 heavy (non-hydrogen) atoms. The molecule has 6 heteroatoms. The maximum absolute atomic E-state index is 10.4. The van der Waals surface area contributed by atoms with E-state index in [1.54, 1.807) is 7.11 Å². The fourth-order valence-corrected chi connectivity index (χ4v) is 3.82. The number of likely N-dealkylation sites (N-methyl/N-ethyl adjacent to an activating group) is 1. The number of aliphatic hydroxyl groups is 1. The van der Waals surface area contributed by atoms with Crippen molar-refractivity contribution in [3.8, 4) is 11.5 Å². The smallest absolute Gasteiger partial charge is 0.161 e. The molecule has 1 heterocycles. The van der Waals surface area contributed by atoms with E-state index < -0.39 is 6.10 Å². The number of aryl methyl sites for hydroxylation is 1. The molecule has 0 radical (unpaired) electrons. The number of aliphatic hydroxyl groups excluding tert-OH is 1.